The van der Waals surface area contributed by atoms with Gasteiger partial charge < -0.3 is 0 Å². The van der Waals surface area contributed by atoms with E-state index in [0.717, 1.165) is 30.5 Å². The van der Waals surface area contributed by atoms with E-state index < -0.39 is 39.1 Å². The average molecular weight is 546 g/mol. The zero-order chi connectivity index (χ0) is 25.7. The second kappa shape index (κ2) is 8.81. The van der Waals surface area contributed by atoms with Crippen LogP contribution in [-0.2, 0) is 16.2 Å². The number of aromatic nitrogens is 2. The molecule has 0 bridgehead atoms. The molecule has 1 aromatic heterocycles. The molecular formula is C22H13Cl2F4N3O3S. The van der Waals surface area contributed by atoms with E-state index in [1.165, 1.54) is 28.9 Å². The predicted molar refractivity (Wildman–Crippen MR) is 124 cm³/mol. The summed E-state index contributed by atoms with van der Waals surface area (Å²) in [6.45, 7) is 0. The van der Waals surface area contributed by atoms with Crippen LogP contribution in [0.15, 0.2) is 54.6 Å². The van der Waals surface area contributed by atoms with Gasteiger partial charge in [-0.2, -0.15) is 18.3 Å². The van der Waals surface area contributed by atoms with Crippen molar-refractivity contribution in [2.24, 2.45) is 0 Å². The Hall–Kier alpha value is -3.15. The van der Waals surface area contributed by atoms with Gasteiger partial charge in [-0.05, 0) is 41.5 Å². The summed E-state index contributed by atoms with van der Waals surface area (Å²) in [5.74, 6) is -2.27. The maximum absolute atomic E-state index is 14.7. The summed E-state index contributed by atoms with van der Waals surface area (Å²) in [6.07, 6.45) is -3.77. The predicted octanol–water partition coefficient (Wildman–Crippen LogP) is 5.85. The van der Waals surface area contributed by atoms with E-state index in [1.54, 1.807) is 10.8 Å². The van der Waals surface area contributed by atoms with Crippen molar-refractivity contribution in [1.29, 1.82) is 0 Å². The van der Waals surface area contributed by atoms with Crippen molar-refractivity contribution < 1.29 is 30.8 Å². The lowest BCUT2D eigenvalue weighted by Crippen LogP contribution is -2.30. The number of amides is 1. The van der Waals surface area contributed by atoms with Crippen molar-refractivity contribution in [3.63, 3.8) is 0 Å². The Labute approximate surface area is 206 Å². The van der Waals surface area contributed by atoms with Gasteiger partial charge in [0, 0.05) is 11.5 Å². The quantitative estimate of drug-likeness (QED) is 0.326. The zero-order valence-corrected chi connectivity index (χ0v) is 19.8. The Balaban J connectivity index is 1.78. The molecule has 182 valence electrons. The Morgan fingerprint density at radius 1 is 1.03 bits per heavy atom. The molecule has 4 rings (SSSR count). The minimum atomic E-state index is -4.51. The van der Waals surface area contributed by atoms with Crippen molar-refractivity contribution in [1.82, 2.24) is 14.5 Å². The number of fused-ring (bicyclic) bond motifs is 1. The average Bonchev–Trinajstić information content (AvgIpc) is 3.09. The van der Waals surface area contributed by atoms with Gasteiger partial charge in [0.15, 0.2) is 5.15 Å². The monoisotopic (exact) mass is 545 g/mol. The third kappa shape index (κ3) is 5.12. The minimum Gasteiger partial charge on any atom is -0.268 e. The highest BCUT2D eigenvalue weighted by Gasteiger charge is 2.30. The summed E-state index contributed by atoms with van der Waals surface area (Å²) in [5.41, 5.74) is -0.298. The highest BCUT2D eigenvalue weighted by molar-refractivity contribution is 7.89. The Morgan fingerprint density at radius 2 is 1.71 bits per heavy atom. The van der Waals surface area contributed by atoms with E-state index in [9.17, 15) is 30.8 Å². The number of nitrogens with zero attached hydrogens (tertiary/aromatic N) is 2. The molecule has 1 heterocycles. The van der Waals surface area contributed by atoms with E-state index in [-0.39, 0.29) is 15.9 Å². The molecule has 0 aliphatic carbocycles. The molecule has 0 aliphatic heterocycles. The van der Waals surface area contributed by atoms with Crippen LogP contribution in [0.5, 0.6) is 0 Å². The van der Waals surface area contributed by atoms with E-state index in [4.69, 9.17) is 23.2 Å². The maximum Gasteiger partial charge on any atom is 0.416 e. The van der Waals surface area contributed by atoms with E-state index in [2.05, 4.69) is 5.10 Å². The number of hydrogen-bond donors (Lipinski definition) is 1. The standard InChI is InChI=1S/C22H13Cl2F4N3O3S/c1-35(33,34)30-21(32)14-9-16(23)19(10-17(14)25)31-18-6-5-12(8-15(18)20(24)29-31)11-3-2-4-13(7-11)22(26,27)28/h2-10H,1H3,(H,30,32). The molecule has 0 saturated heterocycles. The number of benzene rings is 3. The third-order valence-corrected chi connectivity index (χ3v) is 6.08. The first kappa shape index (κ1) is 25.0. The molecule has 3 aromatic carbocycles. The fourth-order valence-electron chi connectivity index (χ4n) is 3.42. The van der Waals surface area contributed by atoms with Crippen molar-refractivity contribution in [3.05, 3.63) is 81.7 Å². The van der Waals surface area contributed by atoms with Crippen molar-refractivity contribution in [3.8, 4) is 16.8 Å². The van der Waals surface area contributed by atoms with Crippen molar-refractivity contribution in [2.45, 2.75) is 6.18 Å². The molecule has 0 atom stereocenters. The molecule has 1 amide bonds. The Kier molecular flexibility index (Phi) is 6.28. The first-order valence-corrected chi connectivity index (χ1v) is 12.3. The number of carbonyl (C=O) groups is 1. The van der Waals surface area contributed by atoms with Crippen LogP contribution >= 0.6 is 23.2 Å². The molecule has 0 fully saturated rings. The van der Waals surface area contributed by atoms with Gasteiger partial charge in [-0.3, -0.25) is 4.79 Å². The summed E-state index contributed by atoms with van der Waals surface area (Å²) < 4.78 is 79.4. The van der Waals surface area contributed by atoms with Crippen LogP contribution < -0.4 is 4.72 Å². The molecule has 0 aliphatic rings. The topological polar surface area (TPSA) is 81.1 Å². The van der Waals surface area contributed by atoms with Gasteiger partial charge in [-0.15, -0.1) is 0 Å². The van der Waals surface area contributed by atoms with Crippen LogP contribution in [0.25, 0.3) is 27.7 Å². The molecule has 0 spiro atoms. The lowest BCUT2D eigenvalue weighted by Gasteiger charge is -2.11. The van der Waals surface area contributed by atoms with E-state index in [1.807, 2.05) is 0 Å². The van der Waals surface area contributed by atoms with Crippen LogP contribution in [0.3, 0.4) is 0 Å². The summed E-state index contributed by atoms with van der Waals surface area (Å²) in [6, 6.07) is 11.2. The molecule has 0 radical (unpaired) electrons. The Bertz CT molecular complexity index is 1600. The van der Waals surface area contributed by atoms with Gasteiger partial charge in [0.1, 0.15) is 5.82 Å². The molecular weight excluding hydrogens is 533 g/mol. The second-order valence-corrected chi connectivity index (χ2v) is 10.0. The smallest absolute Gasteiger partial charge is 0.268 e. The highest BCUT2D eigenvalue weighted by Crippen LogP contribution is 2.35. The van der Waals surface area contributed by atoms with Crippen LogP contribution in [0, 0.1) is 5.82 Å². The molecule has 13 heteroatoms. The first-order valence-electron chi connectivity index (χ1n) is 9.62. The van der Waals surface area contributed by atoms with Crippen LogP contribution in [0.4, 0.5) is 17.6 Å². The van der Waals surface area contributed by atoms with E-state index in [0.29, 0.717) is 22.0 Å². The van der Waals surface area contributed by atoms with Crippen LogP contribution in [-0.4, -0.2) is 30.4 Å². The summed E-state index contributed by atoms with van der Waals surface area (Å²) >= 11 is 12.5. The lowest BCUT2D eigenvalue weighted by atomic mass is 10.0. The maximum atomic E-state index is 14.7. The third-order valence-electron chi connectivity index (χ3n) is 4.95. The SMILES string of the molecule is CS(=O)(=O)NC(=O)c1cc(Cl)c(-n2nc(Cl)c3cc(-c4cccc(C(F)(F)F)c4)ccc32)cc1F. The van der Waals surface area contributed by atoms with Gasteiger partial charge in [-0.1, -0.05) is 41.4 Å². The van der Waals surface area contributed by atoms with Gasteiger partial charge in [-0.25, -0.2) is 22.2 Å². The second-order valence-electron chi connectivity index (χ2n) is 7.50. The number of alkyl halides is 3. The van der Waals surface area contributed by atoms with E-state index >= 15 is 0 Å². The van der Waals surface area contributed by atoms with Crippen LogP contribution in [0.2, 0.25) is 10.2 Å². The van der Waals surface area contributed by atoms with Gasteiger partial charge in [0.2, 0.25) is 10.0 Å². The number of carbonyl (C=O) groups excluding carboxylic acids is 1. The number of sulfonamides is 1. The van der Waals surface area contributed by atoms with Gasteiger partial charge in [0.05, 0.1) is 33.6 Å². The largest absolute Gasteiger partial charge is 0.416 e. The summed E-state index contributed by atoms with van der Waals surface area (Å²) in [4.78, 5) is 12.1. The number of halogens is 6. The number of hydrogen-bond acceptors (Lipinski definition) is 4. The normalized spacial score (nSPS) is 12.2. The lowest BCUT2D eigenvalue weighted by molar-refractivity contribution is -0.137. The summed E-state index contributed by atoms with van der Waals surface area (Å²) in [5, 5.41) is 4.35. The fraction of sp³-hybridized carbons (Fsp3) is 0.0909. The van der Waals surface area contributed by atoms with Crippen LogP contribution in [0.1, 0.15) is 15.9 Å². The first-order chi connectivity index (χ1) is 16.2. The number of rotatable bonds is 4. The Morgan fingerprint density at radius 3 is 2.37 bits per heavy atom. The van der Waals surface area contributed by atoms with Gasteiger partial charge >= 0.3 is 6.18 Å². The molecule has 35 heavy (non-hydrogen) atoms. The minimum absolute atomic E-state index is 0.00351. The summed E-state index contributed by atoms with van der Waals surface area (Å²) in [7, 11) is -3.93. The molecule has 4 aromatic rings. The number of nitrogens with one attached hydrogen (secondary N) is 1. The zero-order valence-electron chi connectivity index (χ0n) is 17.5. The molecule has 0 unspecified atom stereocenters. The molecule has 0 saturated carbocycles. The molecule has 1 N–H and O–H groups in total. The van der Waals surface area contributed by atoms with Crippen molar-refractivity contribution in [2.75, 3.05) is 6.26 Å². The highest BCUT2D eigenvalue weighted by atomic mass is 35.5. The van der Waals surface area contributed by atoms with Crippen molar-refractivity contribution >= 4 is 50.0 Å². The fourth-order valence-corrected chi connectivity index (χ4v) is 4.33. The van der Waals surface area contributed by atoms with Gasteiger partial charge in [0.25, 0.3) is 5.91 Å². The molecule has 6 nitrogen and oxygen atoms in total.